The Balaban J connectivity index is 1.33. The number of aliphatic hydroxyl groups is 1. The summed E-state index contributed by atoms with van der Waals surface area (Å²) >= 11 is 0. The van der Waals surface area contributed by atoms with Gasteiger partial charge in [0.25, 0.3) is 5.92 Å². The number of nitrogens with zero attached hydrogens (tertiary/aromatic N) is 6. The second kappa shape index (κ2) is 7.36. The van der Waals surface area contributed by atoms with E-state index >= 15 is 0 Å². The lowest BCUT2D eigenvalue weighted by Crippen LogP contribution is -2.54. The highest BCUT2D eigenvalue weighted by Crippen LogP contribution is 2.40. The maximum absolute atomic E-state index is 13.6. The van der Waals surface area contributed by atoms with Gasteiger partial charge >= 0.3 is 0 Å². The molecule has 2 saturated heterocycles. The number of hydrogen-bond acceptors (Lipinski definition) is 7. The zero-order valence-electron chi connectivity index (χ0n) is 16.7. The first kappa shape index (κ1) is 19.5. The monoisotopic (exact) mass is 417 g/mol. The van der Waals surface area contributed by atoms with Crippen LogP contribution >= 0.6 is 0 Å². The molecule has 0 amide bonds. The average Bonchev–Trinajstić information content (AvgIpc) is 3.36. The second-order valence-corrected chi connectivity index (χ2v) is 8.36. The van der Waals surface area contributed by atoms with E-state index in [1.165, 1.54) is 4.90 Å². The number of alkyl halides is 2. The summed E-state index contributed by atoms with van der Waals surface area (Å²) in [5.41, 5.74) is 2.76. The molecule has 2 aromatic heterocycles. The van der Waals surface area contributed by atoms with Gasteiger partial charge in [0.1, 0.15) is 0 Å². The first-order chi connectivity index (χ1) is 14.4. The van der Waals surface area contributed by atoms with Crippen LogP contribution in [0.3, 0.4) is 0 Å². The van der Waals surface area contributed by atoms with Crippen molar-refractivity contribution in [3.05, 3.63) is 36.4 Å². The summed E-state index contributed by atoms with van der Waals surface area (Å²) in [6.45, 7) is -0.161. The second-order valence-electron chi connectivity index (χ2n) is 8.36. The molecule has 0 radical (unpaired) electrons. The zero-order valence-corrected chi connectivity index (χ0v) is 16.7. The third kappa shape index (κ3) is 3.70. The quantitative estimate of drug-likeness (QED) is 0.772. The fourth-order valence-corrected chi connectivity index (χ4v) is 4.77. The largest absolute Gasteiger partial charge is 0.365 e. The van der Waals surface area contributed by atoms with E-state index in [1.807, 2.05) is 24.2 Å². The molecular formula is C20H25F2N7O. The number of aromatic nitrogens is 4. The number of aliphatic hydroxyl groups excluding tert-OH is 1. The van der Waals surface area contributed by atoms with Crippen molar-refractivity contribution in [3.63, 3.8) is 0 Å². The van der Waals surface area contributed by atoms with Crippen LogP contribution in [-0.4, -0.2) is 72.1 Å². The smallest absolute Gasteiger partial charge is 0.261 e. The van der Waals surface area contributed by atoms with Crippen LogP contribution < -0.4 is 5.32 Å². The number of rotatable bonds is 5. The molecule has 3 atom stereocenters. The van der Waals surface area contributed by atoms with E-state index in [2.05, 4.69) is 26.5 Å². The van der Waals surface area contributed by atoms with Crippen molar-refractivity contribution in [2.45, 2.75) is 50.0 Å². The number of anilines is 2. The minimum atomic E-state index is -2.71. The SMILES string of the molecule is Cn1cc(Nc2nccc(C3=CC4CCC(C3)N4C(O)N3CCC(F)(F)C3)n2)cn1. The van der Waals surface area contributed by atoms with E-state index in [0.717, 1.165) is 36.2 Å². The van der Waals surface area contributed by atoms with Crippen LogP contribution in [0.15, 0.2) is 30.7 Å². The Morgan fingerprint density at radius 3 is 2.90 bits per heavy atom. The molecule has 2 aromatic rings. The number of halogens is 2. The molecule has 0 saturated carbocycles. The van der Waals surface area contributed by atoms with Gasteiger partial charge in [0.15, 0.2) is 6.35 Å². The van der Waals surface area contributed by atoms with Crippen LogP contribution in [0.5, 0.6) is 0 Å². The molecule has 10 heteroatoms. The van der Waals surface area contributed by atoms with Gasteiger partial charge in [-0.15, -0.1) is 0 Å². The summed E-state index contributed by atoms with van der Waals surface area (Å²) in [5, 5.41) is 18.1. The minimum Gasteiger partial charge on any atom is -0.365 e. The molecule has 3 unspecified atom stereocenters. The van der Waals surface area contributed by atoms with E-state index < -0.39 is 12.3 Å². The van der Waals surface area contributed by atoms with Crippen LogP contribution in [-0.2, 0) is 7.05 Å². The summed E-state index contributed by atoms with van der Waals surface area (Å²) in [4.78, 5) is 12.4. The van der Waals surface area contributed by atoms with Crippen LogP contribution in [0.4, 0.5) is 20.4 Å². The van der Waals surface area contributed by atoms with Crippen molar-refractivity contribution in [1.29, 1.82) is 0 Å². The van der Waals surface area contributed by atoms with Crippen LogP contribution in [0.25, 0.3) is 5.57 Å². The molecule has 0 aliphatic carbocycles. The lowest BCUT2D eigenvalue weighted by molar-refractivity contribution is -0.130. The topological polar surface area (TPSA) is 82.3 Å². The molecule has 0 spiro atoms. The lowest BCUT2D eigenvalue weighted by Gasteiger charge is -2.40. The Labute approximate surface area is 173 Å². The van der Waals surface area contributed by atoms with E-state index in [0.29, 0.717) is 5.95 Å². The van der Waals surface area contributed by atoms with Gasteiger partial charge < -0.3 is 10.4 Å². The van der Waals surface area contributed by atoms with Gasteiger partial charge in [-0.1, -0.05) is 6.08 Å². The van der Waals surface area contributed by atoms with E-state index in [4.69, 9.17) is 0 Å². The summed E-state index contributed by atoms with van der Waals surface area (Å²) in [5.74, 6) is -2.22. The molecule has 160 valence electrons. The number of fused-ring (bicyclic) bond motifs is 2. The molecule has 0 aromatic carbocycles. The Kier molecular flexibility index (Phi) is 4.79. The molecule has 5 heterocycles. The molecule has 8 nitrogen and oxygen atoms in total. The predicted octanol–water partition coefficient (Wildman–Crippen LogP) is 2.19. The summed E-state index contributed by atoms with van der Waals surface area (Å²) in [6, 6.07) is 2.02. The molecule has 2 N–H and O–H groups in total. The predicted molar refractivity (Wildman–Crippen MR) is 107 cm³/mol. The molecular weight excluding hydrogens is 392 g/mol. The highest BCUT2D eigenvalue weighted by atomic mass is 19.3. The van der Waals surface area contributed by atoms with Gasteiger partial charge in [0.2, 0.25) is 5.95 Å². The third-order valence-corrected chi connectivity index (χ3v) is 6.19. The number of hydrogen-bond donors (Lipinski definition) is 2. The van der Waals surface area contributed by atoms with Crippen molar-refractivity contribution >= 4 is 17.2 Å². The summed E-state index contributed by atoms with van der Waals surface area (Å²) in [7, 11) is 1.84. The van der Waals surface area contributed by atoms with Gasteiger partial charge in [0, 0.05) is 44.5 Å². The maximum atomic E-state index is 13.6. The lowest BCUT2D eigenvalue weighted by atomic mass is 9.98. The van der Waals surface area contributed by atoms with Gasteiger partial charge in [-0.25, -0.2) is 18.7 Å². The molecule has 2 fully saturated rings. The van der Waals surface area contributed by atoms with Gasteiger partial charge in [-0.05, 0) is 30.9 Å². The van der Waals surface area contributed by atoms with Gasteiger partial charge in [0.05, 0.1) is 24.1 Å². The van der Waals surface area contributed by atoms with E-state index in [9.17, 15) is 13.9 Å². The van der Waals surface area contributed by atoms with E-state index in [-0.39, 0.29) is 31.6 Å². The van der Waals surface area contributed by atoms with Crippen molar-refractivity contribution in [3.8, 4) is 0 Å². The fourth-order valence-electron chi connectivity index (χ4n) is 4.77. The van der Waals surface area contributed by atoms with E-state index in [1.54, 1.807) is 17.1 Å². The number of likely N-dealkylation sites (tertiary alicyclic amines) is 1. The first-order valence-electron chi connectivity index (χ1n) is 10.3. The number of nitrogens with one attached hydrogen (secondary N) is 1. The first-order valence-corrected chi connectivity index (χ1v) is 10.3. The highest BCUT2D eigenvalue weighted by Gasteiger charge is 2.47. The standard InChI is InChI=1S/C20H25F2N7O/c1-27-11-14(10-24-27)25-18-23-6-4-17(26-18)13-8-15-2-3-16(9-13)29(15)19(30)28-7-5-20(21,22)12-28/h4,6,8,10-11,15-16,19,30H,2-3,5,7,9,12H2,1H3,(H,23,25,26). The zero-order chi connectivity index (χ0) is 20.9. The molecule has 2 bridgehead atoms. The Hall–Kier alpha value is -2.43. The third-order valence-electron chi connectivity index (χ3n) is 6.19. The van der Waals surface area contributed by atoms with Crippen molar-refractivity contribution in [1.82, 2.24) is 29.5 Å². The fraction of sp³-hybridized carbons (Fsp3) is 0.550. The normalized spacial score (nSPS) is 27.3. The van der Waals surface area contributed by atoms with Gasteiger partial charge in [-0.2, -0.15) is 5.10 Å². The van der Waals surface area contributed by atoms with Crippen molar-refractivity contribution in [2.75, 3.05) is 18.4 Å². The minimum absolute atomic E-state index is 0.0210. The average molecular weight is 417 g/mol. The highest BCUT2D eigenvalue weighted by molar-refractivity contribution is 5.66. The Morgan fingerprint density at radius 2 is 2.20 bits per heavy atom. The van der Waals surface area contributed by atoms with Crippen molar-refractivity contribution in [2.24, 2.45) is 7.05 Å². The van der Waals surface area contributed by atoms with Crippen LogP contribution in [0.2, 0.25) is 0 Å². The molecule has 30 heavy (non-hydrogen) atoms. The molecule has 5 rings (SSSR count). The van der Waals surface area contributed by atoms with Crippen LogP contribution in [0.1, 0.15) is 31.4 Å². The molecule has 3 aliphatic rings. The van der Waals surface area contributed by atoms with Crippen molar-refractivity contribution < 1.29 is 13.9 Å². The molecule has 3 aliphatic heterocycles. The van der Waals surface area contributed by atoms with Crippen LogP contribution in [0, 0.1) is 0 Å². The Bertz CT molecular complexity index is 962. The summed E-state index contributed by atoms with van der Waals surface area (Å²) < 4.78 is 28.9. The maximum Gasteiger partial charge on any atom is 0.261 e. The number of aryl methyl sites for hydroxylation is 1. The Morgan fingerprint density at radius 1 is 1.33 bits per heavy atom. The summed E-state index contributed by atoms with van der Waals surface area (Å²) in [6.07, 6.45) is 8.78. The van der Waals surface area contributed by atoms with Gasteiger partial charge in [-0.3, -0.25) is 14.5 Å².